The first-order chi connectivity index (χ1) is 12.2. The highest BCUT2D eigenvalue weighted by Gasteiger charge is 2.28. The number of halogens is 1. The van der Waals surface area contributed by atoms with Gasteiger partial charge in [0.05, 0.1) is 9.79 Å². The van der Waals surface area contributed by atoms with Gasteiger partial charge in [-0.3, -0.25) is 0 Å². The summed E-state index contributed by atoms with van der Waals surface area (Å²) in [6, 6.07) is 9.96. The number of benzene rings is 2. The summed E-state index contributed by atoms with van der Waals surface area (Å²) < 4.78 is 67.2. The summed E-state index contributed by atoms with van der Waals surface area (Å²) in [5.74, 6) is -0.402. The van der Waals surface area contributed by atoms with Crippen molar-refractivity contribution in [3.63, 3.8) is 0 Å². The molecule has 0 heterocycles. The Kier molecular flexibility index (Phi) is 5.16. The lowest BCUT2D eigenvalue weighted by Gasteiger charge is -2.15. The molecule has 1 aliphatic rings. The van der Waals surface area contributed by atoms with Crippen LogP contribution < -0.4 is 9.44 Å². The van der Waals surface area contributed by atoms with E-state index < -0.39 is 31.9 Å². The fraction of sp³-hybridized carbons (Fsp3) is 0.294. The minimum atomic E-state index is -3.85. The topological polar surface area (TPSA) is 92.3 Å². The van der Waals surface area contributed by atoms with E-state index in [1.165, 1.54) is 48.5 Å². The van der Waals surface area contributed by atoms with Crippen LogP contribution in [-0.2, 0) is 20.0 Å². The Morgan fingerprint density at radius 1 is 0.885 bits per heavy atom. The van der Waals surface area contributed by atoms with Gasteiger partial charge >= 0.3 is 0 Å². The fourth-order valence-corrected chi connectivity index (χ4v) is 4.94. The molecule has 1 saturated carbocycles. The van der Waals surface area contributed by atoms with Gasteiger partial charge in [-0.05, 0) is 61.7 Å². The Balaban J connectivity index is 1.75. The third kappa shape index (κ3) is 4.47. The van der Waals surface area contributed by atoms with Crippen molar-refractivity contribution < 1.29 is 21.2 Å². The number of sulfonamides is 2. The largest absolute Gasteiger partial charge is 0.241 e. The van der Waals surface area contributed by atoms with Crippen LogP contribution in [0.2, 0.25) is 0 Å². The van der Waals surface area contributed by atoms with E-state index in [1.54, 1.807) is 6.92 Å². The van der Waals surface area contributed by atoms with Gasteiger partial charge in [-0.2, -0.15) is 0 Å². The highest BCUT2D eigenvalue weighted by Crippen LogP contribution is 2.23. The van der Waals surface area contributed by atoms with Crippen molar-refractivity contribution in [3.8, 4) is 0 Å². The first-order valence-electron chi connectivity index (χ1n) is 8.07. The Labute approximate surface area is 152 Å². The second-order valence-electron chi connectivity index (χ2n) is 6.26. The summed E-state index contributed by atoms with van der Waals surface area (Å²) in [5, 5.41) is 0. The van der Waals surface area contributed by atoms with E-state index in [-0.39, 0.29) is 15.8 Å². The highest BCUT2D eigenvalue weighted by atomic mass is 32.2. The van der Waals surface area contributed by atoms with E-state index >= 15 is 0 Å². The number of rotatable bonds is 7. The van der Waals surface area contributed by atoms with Crippen LogP contribution in [0.5, 0.6) is 0 Å². The van der Waals surface area contributed by atoms with Crippen molar-refractivity contribution >= 4 is 20.0 Å². The lowest BCUT2D eigenvalue weighted by Crippen LogP contribution is -2.27. The molecular weight excluding hydrogens is 379 g/mol. The molecule has 9 heteroatoms. The average molecular weight is 398 g/mol. The van der Waals surface area contributed by atoms with Crippen LogP contribution in [0.15, 0.2) is 58.3 Å². The Bertz CT molecular complexity index is 984. The normalized spacial score (nSPS) is 16.4. The standard InChI is InChI=1S/C17H19FN2O4S2/c1-12(13-2-4-14(18)5-3-13)19-25(21,22)16-8-10-17(11-9-16)26(23,24)20-15-6-7-15/h2-5,8-12,15,19-20H,6-7H2,1H3/t12-/m1/s1. The molecule has 0 aromatic heterocycles. The van der Waals surface area contributed by atoms with Gasteiger partial charge in [0, 0.05) is 12.1 Å². The predicted octanol–water partition coefficient (Wildman–Crippen LogP) is 2.31. The fourth-order valence-electron chi connectivity index (χ4n) is 2.41. The van der Waals surface area contributed by atoms with Crippen LogP contribution in [0, 0.1) is 5.82 Å². The van der Waals surface area contributed by atoms with E-state index in [4.69, 9.17) is 0 Å². The Morgan fingerprint density at radius 2 is 1.38 bits per heavy atom. The zero-order chi connectivity index (χ0) is 18.9. The first kappa shape index (κ1) is 19.0. The molecule has 0 amide bonds. The van der Waals surface area contributed by atoms with Crippen molar-refractivity contribution in [2.24, 2.45) is 0 Å². The lowest BCUT2D eigenvalue weighted by atomic mass is 10.1. The van der Waals surface area contributed by atoms with Gasteiger partial charge < -0.3 is 0 Å². The summed E-state index contributed by atoms with van der Waals surface area (Å²) in [5.41, 5.74) is 0.614. The van der Waals surface area contributed by atoms with Gasteiger partial charge in [0.25, 0.3) is 0 Å². The molecule has 26 heavy (non-hydrogen) atoms. The van der Waals surface area contributed by atoms with E-state index in [1.807, 2.05) is 0 Å². The molecular formula is C17H19FN2O4S2. The molecule has 0 bridgehead atoms. The summed E-state index contributed by atoms with van der Waals surface area (Å²) in [4.78, 5) is -0.0215. The Morgan fingerprint density at radius 3 is 1.88 bits per heavy atom. The second-order valence-corrected chi connectivity index (χ2v) is 9.69. The Hall–Kier alpha value is -1.81. The van der Waals surface area contributed by atoms with E-state index in [2.05, 4.69) is 9.44 Å². The van der Waals surface area contributed by atoms with Crippen LogP contribution in [0.1, 0.15) is 31.4 Å². The third-order valence-corrected chi connectivity index (χ3v) is 7.14. The second kappa shape index (κ2) is 7.07. The molecule has 0 unspecified atom stereocenters. The van der Waals surface area contributed by atoms with Gasteiger partial charge in [0.1, 0.15) is 5.82 Å². The maximum Gasteiger partial charge on any atom is 0.241 e. The van der Waals surface area contributed by atoms with Crippen LogP contribution >= 0.6 is 0 Å². The van der Waals surface area contributed by atoms with Gasteiger partial charge in [-0.1, -0.05) is 12.1 Å². The number of nitrogens with one attached hydrogen (secondary N) is 2. The minimum Gasteiger partial charge on any atom is -0.208 e. The number of hydrogen-bond acceptors (Lipinski definition) is 4. The van der Waals surface area contributed by atoms with Crippen molar-refractivity contribution in [3.05, 3.63) is 59.9 Å². The summed E-state index contributed by atoms with van der Waals surface area (Å²) in [6.07, 6.45) is 1.63. The van der Waals surface area contributed by atoms with Crippen LogP contribution in [0.25, 0.3) is 0 Å². The number of hydrogen-bond donors (Lipinski definition) is 2. The molecule has 0 radical (unpaired) electrons. The summed E-state index contributed by atoms with van der Waals surface area (Å²) >= 11 is 0. The first-order valence-corrected chi connectivity index (χ1v) is 11.0. The molecule has 2 N–H and O–H groups in total. The maximum absolute atomic E-state index is 13.0. The zero-order valence-electron chi connectivity index (χ0n) is 14.0. The molecule has 1 atom stereocenters. The average Bonchev–Trinajstić information content (AvgIpc) is 3.38. The van der Waals surface area contributed by atoms with E-state index in [0.717, 1.165) is 12.8 Å². The molecule has 1 fully saturated rings. The monoisotopic (exact) mass is 398 g/mol. The van der Waals surface area contributed by atoms with Crippen LogP contribution in [0.4, 0.5) is 4.39 Å². The maximum atomic E-state index is 13.0. The van der Waals surface area contributed by atoms with Crippen LogP contribution in [-0.4, -0.2) is 22.9 Å². The van der Waals surface area contributed by atoms with Crippen molar-refractivity contribution in [1.29, 1.82) is 0 Å². The van der Waals surface area contributed by atoms with E-state index in [9.17, 15) is 21.2 Å². The quantitative estimate of drug-likeness (QED) is 0.749. The molecule has 0 spiro atoms. The van der Waals surface area contributed by atoms with Gasteiger partial charge in [-0.15, -0.1) is 0 Å². The molecule has 0 saturated heterocycles. The van der Waals surface area contributed by atoms with Gasteiger partial charge in [0.15, 0.2) is 0 Å². The molecule has 2 aromatic carbocycles. The van der Waals surface area contributed by atoms with Gasteiger partial charge in [-0.25, -0.2) is 30.7 Å². The van der Waals surface area contributed by atoms with Gasteiger partial charge in [0.2, 0.25) is 20.0 Å². The lowest BCUT2D eigenvalue weighted by molar-refractivity contribution is 0.565. The highest BCUT2D eigenvalue weighted by molar-refractivity contribution is 7.90. The molecule has 6 nitrogen and oxygen atoms in total. The van der Waals surface area contributed by atoms with E-state index in [0.29, 0.717) is 5.56 Å². The zero-order valence-corrected chi connectivity index (χ0v) is 15.6. The molecule has 0 aliphatic heterocycles. The molecule has 140 valence electrons. The van der Waals surface area contributed by atoms with Crippen molar-refractivity contribution in [1.82, 2.24) is 9.44 Å². The van der Waals surface area contributed by atoms with Crippen molar-refractivity contribution in [2.45, 2.75) is 41.6 Å². The summed E-state index contributed by atoms with van der Waals surface area (Å²) in [7, 11) is -7.48. The smallest absolute Gasteiger partial charge is 0.208 e. The summed E-state index contributed by atoms with van der Waals surface area (Å²) in [6.45, 7) is 1.64. The SMILES string of the molecule is C[C@@H](NS(=O)(=O)c1ccc(S(=O)(=O)NC2CC2)cc1)c1ccc(F)cc1. The predicted molar refractivity (Wildman–Crippen MR) is 94.9 cm³/mol. The van der Waals surface area contributed by atoms with Crippen molar-refractivity contribution in [2.75, 3.05) is 0 Å². The molecule has 2 aromatic rings. The molecule has 1 aliphatic carbocycles. The third-order valence-electron chi connectivity index (χ3n) is 4.05. The minimum absolute atomic E-state index is 0.0231. The molecule has 3 rings (SSSR count). The van der Waals surface area contributed by atoms with Crippen LogP contribution in [0.3, 0.4) is 0 Å².